The summed E-state index contributed by atoms with van der Waals surface area (Å²) in [6.45, 7) is 1.74. The molecule has 0 aromatic carbocycles. The Morgan fingerprint density at radius 2 is 2.38 bits per heavy atom. The van der Waals surface area contributed by atoms with Crippen molar-refractivity contribution in [3.8, 4) is 0 Å². The van der Waals surface area contributed by atoms with Crippen LogP contribution >= 0.6 is 0 Å². The zero-order valence-electron chi connectivity index (χ0n) is 5.02. The molecule has 0 aliphatic heterocycles. The molecule has 48 valence electrons. The molecule has 1 aliphatic carbocycles. The standard InChI is InChI=1S/C6H11FO/c1-5-3-2-4-6(5,7)8/h5,8H,2-4H2,1H3. The lowest BCUT2D eigenvalue weighted by Crippen LogP contribution is -2.24. The van der Waals surface area contributed by atoms with Gasteiger partial charge in [0.25, 0.3) is 0 Å². The van der Waals surface area contributed by atoms with Gasteiger partial charge in [0.1, 0.15) is 0 Å². The van der Waals surface area contributed by atoms with Gasteiger partial charge in [-0.05, 0) is 12.8 Å². The average Bonchev–Trinajstić information content (AvgIpc) is 1.86. The van der Waals surface area contributed by atoms with E-state index in [0.29, 0.717) is 6.42 Å². The Balaban J connectivity index is 2.54. The van der Waals surface area contributed by atoms with E-state index in [1.807, 2.05) is 0 Å². The van der Waals surface area contributed by atoms with E-state index < -0.39 is 5.85 Å². The summed E-state index contributed by atoms with van der Waals surface area (Å²) in [6, 6.07) is 0. The first kappa shape index (κ1) is 6.02. The van der Waals surface area contributed by atoms with E-state index in [0.717, 1.165) is 12.8 Å². The molecule has 0 amide bonds. The van der Waals surface area contributed by atoms with Crippen molar-refractivity contribution in [2.75, 3.05) is 0 Å². The van der Waals surface area contributed by atoms with Crippen LogP contribution in [0, 0.1) is 5.92 Å². The van der Waals surface area contributed by atoms with Crippen LogP contribution in [0.25, 0.3) is 0 Å². The van der Waals surface area contributed by atoms with Crippen LogP contribution in [-0.2, 0) is 0 Å². The fourth-order valence-corrected chi connectivity index (χ4v) is 1.12. The van der Waals surface area contributed by atoms with Crippen LogP contribution in [0.2, 0.25) is 0 Å². The molecular formula is C6H11FO. The normalized spacial score (nSPS) is 47.6. The van der Waals surface area contributed by atoms with Gasteiger partial charge in [-0.25, -0.2) is 4.39 Å². The van der Waals surface area contributed by atoms with Crippen molar-refractivity contribution in [1.82, 2.24) is 0 Å². The van der Waals surface area contributed by atoms with Crippen LogP contribution in [0.4, 0.5) is 4.39 Å². The molecular weight excluding hydrogens is 107 g/mol. The number of alkyl halides is 1. The minimum atomic E-state index is -1.85. The zero-order chi connectivity index (χ0) is 6.20. The largest absolute Gasteiger partial charge is 0.361 e. The molecule has 0 aromatic rings. The predicted octanol–water partition coefficient (Wildman–Crippen LogP) is 1.46. The summed E-state index contributed by atoms with van der Waals surface area (Å²) < 4.78 is 12.6. The third-order valence-electron chi connectivity index (χ3n) is 1.92. The van der Waals surface area contributed by atoms with Crippen LogP contribution < -0.4 is 0 Å². The number of halogens is 1. The summed E-state index contributed by atoms with van der Waals surface area (Å²) in [5.74, 6) is -2.00. The van der Waals surface area contributed by atoms with E-state index in [9.17, 15) is 4.39 Å². The van der Waals surface area contributed by atoms with E-state index in [4.69, 9.17) is 5.11 Å². The quantitative estimate of drug-likeness (QED) is 0.510. The number of hydrogen-bond acceptors (Lipinski definition) is 1. The zero-order valence-corrected chi connectivity index (χ0v) is 5.02. The fourth-order valence-electron chi connectivity index (χ4n) is 1.12. The Bertz CT molecular complexity index is 90.5. The lowest BCUT2D eigenvalue weighted by Gasteiger charge is -2.15. The van der Waals surface area contributed by atoms with Crippen molar-refractivity contribution in [2.24, 2.45) is 5.92 Å². The lowest BCUT2D eigenvalue weighted by molar-refractivity contribution is -0.112. The summed E-state index contributed by atoms with van der Waals surface area (Å²) >= 11 is 0. The van der Waals surface area contributed by atoms with Gasteiger partial charge in [-0.1, -0.05) is 6.92 Å². The molecule has 1 N–H and O–H groups in total. The second-order valence-electron chi connectivity index (χ2n) is 2.61. The van der Waals surface area contributed by atoms with E-state index in [1.54, 1.807) is 6.92 Å². The first-order chi connectivity index (χ1) is 3.63. The number of aliphatic hydroxyl groups is 1. The van der Waals surface area contributed by atoms with Gasteiger partial charge in [0, 0.05) is 12.3 Å². The molecule has 0 heterocycles. The van der Waals surface area contributed by atoms with Gasteiger partial charge in [0.15, 0.2) is 0 Å². The molecule has 1 fully saturated rings. The minimum absolute atomic E-state index is 0.150. The highest BCUT2D eigenvalue weighted by Crippen LogP contribution is 2.35. The summed E-state index contributed by atoms with van der Waals surface area (Å²) in [7, 11) is 0. The maximum absolute atomic E-state index is 12.6. The van der Waals surface area contributed by atoms with Crippen molar-refractivity contribution in [2.45, 2.75) is 32.0 Å². The van der Waals surface area contributed by atoms with E-state index in [2.05, 4.69) is 0 Å². The van der Waals surface area contributed by atoms with Crippen LogP contribution in [-0.4, -0.2) is 11.0 Å². The molecule has 0 spiro atoms. The van der Waals surface area contributed by atoms with Gasteiger partial charge in [0.2, 0.25) is 5.85 Å². The summed E-state index contributed by atoms with van der Waals surface area (Å²) in [5, 5.41) is 8.80. The monoisotopic (exact) mass is 118 g/mol. The van der Waals surface area contributed by atoms with Crippen molar-refractivity contribution >= 4 is 0 Å². The first-order valence-electron chi connectivity index (χ1n) is 3.04. The smallest absolute Gasteiger partial charge is 0.209 e. The molecule has 1 aliphatic rings. The molecule has 1 rings (SSSR count). The summed E-state index contributed by atoms with van der Waals surface area (Å²) in [5.41, 5.74) is 0. The second kappa shape index (κ2) is 1.69. The average molecular weight is 118 g/mol. The maximum atomic E-state index is 12.6. The lowest BCUT2D eigenvalue weighted by atomic mass is 10.1. The maximum Gasteiger partial charge on any atom is 0.209 e. The Hall–Kier alpha value is -0.110. The topological polar surface area (TPSA) is 20.2 Å². The van der Waals surface area contributed by atoms with Gasteiger partial charge in [-0.3, -0.25) is 0 Å². The molecule has 2 atom stereocenters. The van der Waals surface area contributed by atoms with Gasteiger partial charge in [-0.2, -0.15) is 0 Å². The Labute approximate surface area is 48.5 Å². The minimum Gasteiger partial charge on any atom is -0.361 e. The fraction of sp³-hybridized carbons (Fsp3) is 1.00. The molecule has 0 aromatic heterocycles. The third-order valence-corrected chi connectivity index (χ3v) is 1.92. The Morgan fingerprint density at radius 1 is 1.75 bits per heavy atom. The summed E-state index contributed by atoms with van der Waals surface area (Å²) in [6.07, 6.45) is 1.98. The van der Waals surface area contributed by atoms with E-state index in [-0.39, 0.29) is 5.92 Å². The van der Waals surface area contributed by atoms with Crippen LogP contribution in [0.15, 0.2) is 0 Å². The molecule has 8 heavy (non-hydrogen) atoms. The van der Waals surface area contributed by atoms with E-state index in [1.165, 1.54) is 0 Å². The van der Waals surface area contributed by atoms with Gasteiger partial charge >= 0.3 is 0 Å². The van der Waals surface area contributed by atoms with Crippen molar-refractivity contribution < 1.29 is 9.50 Å². The number of rotatable bonds is 0. The highest BCUT2D eigenvalue weighted by molar-refractivity contribution is 4.79. The Morgan fingerprint density at radius 3 is 2.50 bits per heavy atom. The van der Waals surface area contributed by atoms with Crippen LogP contribution in [0.3, 0.4) is 0 Å². The molecule has 1 saturated carbocycles. The molecule has 0 bridgehead atoms. The highest BCUT2D eigenvalue weighted by atomic mass is 19.2. The van der Waals surface area contributed by atoms with Gasteiger partial charge in [0.05, 0.1) is 0 Å². The molecule has 0 saturated heterocycles. The molecule has 0 radical (unpaired) electrons. The highest BCUT2D eigenvalue weighted by Gasteiger charge is 2.37. The number of hydrogen-bond donors (Lipinski definition) is 1. The van der Waals surface area contributed by atoms with Gasteiger partial charge < -0.3 is 5.11 Å². The van der Waals surface area contributed by atoms with Gasteiger partial charge in [-0.15, -0.1) is 0 Å². The first-order valence-corrected chi connectivity index (χ1v) is 3.04. The van der Waals surface area contributed by atoms with E-state index >= 15 is 0 Å². The predicted molar refractivity (Wildman–Crippen MR) is 29.1 cm³/mol. The van der Waals surface area contributed by atoms with Crippen molar-refractivity contribution in [1.29, 1.82) is 0 Å². The van der Waals surface area contributed by atoms with Crippen LogP contribution in [0.1, 0.15) is 26.2 Å². The summed E-state index contributed by atoms with van der Waals surface area (Å²) in [4.78, 5) is 0. The third kappa shape index (κ3) is 0.848. The van der Waals surface area contributed by atoms with Crippen molar-refractivity contribution in [3.05, 3.63) is 0 Å². The van der Waals surface area contributed by atoms with Crippen LogP contribution in [0.5, 0.6) is 0 Å². The van der Waals surface area contributed by atoms with Crippen molar-refractivity contribution in [3.63, 3.8) is 0 Å². The molecule has 2 heteroatoms. The second-order valence-corrected chi connectivity index (χ2v) is 2.61. The Kier molecular flexibility index (Phi) is 1.27. The molecule has 1 nitrogen and oxygen atoms in total. The SMILES string of the molecule is CC1CCCC1(O)F. The molecule has 2 unspecified atom stereocenters.